The van der Waals surface area contributed by atoms with Gasteiger partial charge in [-0.1, -0.05) is 12.1 Å². The Morgan fingerprint density at radius 1 is 1.23 bits per heavy atom. The summed E-state index contributed by atoms with van der Waals surface area (Å²) in [6.45, 7) is 0.305. The van der Waals surface area contributed by atoms with Crippen LogP contribution in [0.3, 0.4) is 0 Å². The number of nitrogens with one attached hydrogen (secondary N) is 1. The number of aryl methyl sites for hydroxylation is 2. The van der Waals surface area contributed by atoms with E-state index in [1.165, 1.54) is 10.6 Å². The fourth-order valence-corrected chi connectivity index (χ4v) is 2.30. The molecule has 1 aromatic carbocycles. The molecule has 0 saturated carbocycles. The number of para-hydroxylation sites is 2. The third-order valence-corrected chi connectivity index (χ3v) is 3.65. The van der Waals surface area contributed by atoms with Crippen molar-refractivity contribution in [1.29, 1.82) is 0 Å². The van der Waals surface area contributed by atoms with Gasteiger partial charge in [0.15, 0.2) is 0 Å². The molecule has 0 atom stereocenters. The van der Waals surface area contributed by atoms with Crippen LogP contribution in [-0.4, -0.2) is 20.0 Å². The van der Waals surface area contributed by atoms with E-state index >= 15 is 0 Å². The molecule has 112 valence electrons. The molecule has 0 saturated heterocycles. The van der Waals surface area contributed by atoms with Gasteiger partial charge in [0.1, 0.15) is 5.82 Å². The molecule has 0 bridgehead atoms. The number of fused-ring (bicyclic) bond motifs is 1. The van der Waals surface area contributed by atoms with Crippen LogP contribution >= 0.6 is 0 Å². The van der Waals surface area contributed by atoms with Crippen molar-refractivity contribution in [2.24, 2.45) is 14.1 Å². The maximum atomic E-state index is 12.1. The number of nitrogens with zero attached hydrogens (tertiary/aromatic N) is 3. The highest BCUT2D eigenvalue weighted by Crippen LogP contribution is 2.13. The number of carbonyl (C=O) groups is 1. The second-order valence-corrected chi connectivity index (χ2v) is 5.12. The van der Waals surface area contributed by atoms with Crippen LogP contribution in [0.5, 0.6) is 0 Å². The minimum Gasteiger partial charge on any atom is -0.345 e. The maximum absolute atomic E-state index is 12.1. The van der Waals surface area contributed by atoms with Crippen LogP contribution in [0.1, 0.15) is 16.2 Å². The molecule has 3 aromatic rings. The minimum absolute atomic E-state index is 0.213. The van der Waals surface area contributed by atoms with Crippen molar-refractivity contribution in [2.45, 2.75) is 6.54 Å². The lowest BCUT2D eigenvalue weighted by molar-refractivity contribution is 0.0949. The van der Waals surface area contributed by atoms with Gasteiger partial charge >= 0.3 is 0 Å². The van der Waals surface area contributed by atoms with Crippen LogP contribution in [-0.2, 0) is 20.6 Å². The van der Waals surface area contributed by atoms with Crippen molar-refractivity contribution in [1.82, 2.24) is 19.4 Å². The average molecular weight is 296 g/mol. The van der Waals surface area contributed by atoms with Gasteiger partial charge in [-0.15, -0.1) is 0 Å². The maximum Gasteiger partial charge on any atom is 0.251 e. The number of hydrogen-bond acceptors (Lipinski definition) is 3. The standard InChI is InChI=1S/C16H16N4O2/c1-19-8-7-11(9-15(19)21)16(22)17-10-14-18-12-5-3-4-6-13(12)20(14)2/h3-9H,10H2,1-2H3,(H,17,22). The summed E-state index contributed by atoms with van der Waals surface area (Å²) in [4.78, 5) is 28.2. The van der Waals surface area contributed by atoms with E-state index in [-0.39, 0.29) is 11.5 Å². The number of rotatable bonds is 3. The minimum atomic E-state index is -0.287. The zero-order valence-electron chi connectivity index (χ0n) is 12.4. The van der Waals surface area contributed by atoms with E-state index in [1.807, 2.05) is 35.9 Å². The summed E-state index contributed by atoms with van der Waals surface area (Å²) in [5, 5.41) is 2.79. The van der Waals surface area contributed by atoms with E-state index in [1.54, 1.807) is 19.3 Å². The summed E-state index contributed by atoms with van der Waals surface area (Å²) < 4.78 is 3.36. The van der Waals surface area contributed by atoms with Gasteiger partial charge < -0.3 is 14.5 Å². The number of benzene rings is 1. The number of pyridine rings is 1. The summed E-state index contributed by atoms with van der Waals surface area (Å²) in [7, 11) is 3.55. The summed E-state index contributed by atoms with van der Waals surface area (Å²) in [5.41, 5.74) is 2.04. The molecular formula is C16H16N4O2. The van der Waals surface area contributed by atoms with Gasteiger partial charge in [0.25, 0.3) is 11.5 Å². The Hall–Kier alpha value is -2.89. The topological polar surface area (TPSA) is 68.9 Å². The van der Waals surface area contributed by atoms with Crippen LogP contribution in [0.25, 0.3) is 11.0 Å². The molecule has 0 spiro atoms. The zero-order valence-corrected chi connectivity index (χ0v) is 12.4. The van der Waals surface area contributed by atoms with Crippen LogP contribution < -0.4 is 10.9 Å². The predicted molar refractivity (Wildman–Crippen MR) is 83.6 cm³/mol. The molecule has 22 heavy (non-hydrogen) atoms. The molecule has 0 fully saturated rings. The normalized spacial score (nSPS) is 10.8. The van der Waals surface area contributed by atoms with Crippen molar-refractivity contribution in [3.8, 4) is 0 Å². The van der Waals surface area contributed by atoms with Crippen molar-refractivity contribution < 1.29 is 4.79 Å². The van der Waals surface area contributed by atoms with E-state index in [9.17, 15) is 9.59 Å². The first kappa shape index (κ1) is 14.1. The van der Waals surface area contributed by atoms with Gasteiger partial charge in [-0.3, -0.25) is 9.59 Å². The summed E-state index contributed by atoms with van der Waals surface area (Å²) >= 11 is 0. The van der Waals surface area contributed by atoms with Gasteiger partial charge in [0.2, 0.25) is 0 Å². The molecule has 0 unspecified atom stereocenters. The van der Waals surface area contributed by atoms with Crippen LogP contribution in [0.2, 0.25) is 0 Å². The highest BCUT2D eigenvalue weighted by atomic mass is 16.2. The Morgan fingerprint density at radius 3 is 2.73 bits per heavy atom. The van der Waals surface area contributed by atoms with Gasteiger partial charge in [-0.25, -0.2) is 4.98 Å². The Morgan fingerprint density at radius 2 is 2.00 bits per heavy atom. The van der Waals surface area contributed by atoms with Gasteiger partial charge in [0.05, 0.1) is 17.6 Å². The van der Waals surface area contributed by atoms with Crippen molar-refractivity contribution in [2.75, 3.05) is 0 Å². The Kier molecular flexibility index (Phi) is 3.50. The highest BCUT2D eigenvalue weighted by molar-refractivity contribution is 5.93. The van der Waals surface area contributed by atoms with Crippen molar-refractivity contribution in [3.63, 3.8) is 0 Å². The second kappa shape index (κ2) is 5.48. The smallest absolute Gasteiger partial charge is 0.251 e. The first-order chi connectivity index (χ1) is 10.6. The molecule has 0 aliphatic carbocycles. The van der Waals surface area contributed by atoms with E-state index in [0.717, 1.165) is 16.9 Å². The molecule has 6 nitrogen and oxygen atoms in total. The molecule has 1 amide bonds. The first-order valence-electron chi connectivity index (χ1n) is 6.91. The zero-order chi connectivity index (χ0) is 15.7. The summed E-state index contributed by atoms with van der Waals surface area (Å²) in [6, 6.07) is 10.7. The Bertz CT molecular complexity index is 908. The number of hydrogen-bond donors (Lipinski definition) is 1. The van der Waals surface area contributed by atoms with E-state index in [2.05, 4.69) is 10.3 Å². The lowest BCUT2D eigenvalue weighted by atomic mass is 10.2. The quantitative estimate of drug-likeness (QED) is 0.789. The monoisotopic (exact) mass is 296 g/mol. The van der Waals surface area contributed by atoms with Gasteiger partial charge in [-0.2, -0.15) is 0 Å². The molecular weight excluding hydrogens is 280 g/mol. The number of aromatic nitrogens is 3. The van der Waals surface area contributed by atoms with Crippen LogP contribution in [0, 0.1) is 0 Å². The SMILES string of the molecule is Cn1ccc(C(=O)NCc2nc3ccccc3n2C)cc1=O. The first-order valence-corrected chi connectivity index (χ1v) is 6.91. The molecule has 1 N–H and O–H groups in total. The second-order valence-electron chi connectivity index (χ2n) is 5.12. The lowest BCUT2D eigenvalue weighted by Gasteiger charge is -2.06. The van der Waals surface area contributed by atoms with E-state index < -0.39 is 0 Å². The third-order valence-electron chi connectivity index (χ3n) is 3.65. The largest absolute Gasteiger partial charge is 0.345 e. The number of carbonyl (C=O) groups excluding carboxylic acids is 1. The fraction of sp³-hybridized carbons (Fsp3) is 0.188. The lowest BCUT2D eigenvalue weighted by Crippen LogP contribution is -2.26. The van der Waals surface area contributed by atoms with Crippen molar-refractivity contribution in [3.05, 3.63) is 64.3 Å². The van der Waals surface area contributed by atoms with Crippen molar-refractivity contribution >= 4 is 16.9 Å². The number of amides is 1. The summed E-state index contributed by atoms with van der Waals surface area (Å²) in [6.07, 6.45) is 1.58. The van der Waals surface area contributed by atoms with Gasteiger partial charge in [0, 0.05) is 31.9 Å². The van der Waals surface area contributed by atoms with Gasteiger partial charge in [-0.05, 0) is 18.2 Å². The molecule has 0 aliphatic heterocycles. The average Bonchev–Trinajstić information content (AvgIpc) is 2.84. The fourth-order valence-electron chi connectivity index (χ4n) is 2.30. The van der Waals surface area contributed by atoms with Crippen LogP contribution in [0.15, 0.2) is 47.4 Å². The summed E-state index contributed by atoms with van der Waals surface area (Å²) in [5.74, 6) is 0.475. The van der Waals surface area contributed by atoms with Crippen LogP contribution in [0.4, 0.5) is 0 Å². The predicted octanol–water partition coefficient (Wildman–Crippen LogP) is 1.20. The molecule has 2 aromatic heterocycles. The number of imidazole rings is 1. The molecule has 0 aliphatic rings. The van der Waals surface area contributed by atoms with E-state index in [4.69, 9.17) is 0 Å². The Labute approximate surface area is 127 Å². The highest BCUT2D eigenvalue weighted by Gasteiger charge is 2.10. The third kappa shape index (κ3) is 2.50. The molecule has 2 heterocycles. The molecule has 0 radical (unpaired) electrons. The molecule has 3 rings (SSSR count). The Balaban J connectivity index is 1.78. The van der Waals surface area contributed by atoms with E-state index in [0.29, 0.717) is 12.1 Å². The molecule has 6 heteroatoms.